The van der Waals surface area contributed by atoms with Crippen LogP contribution in [0.15, 0.2) is 6.07 Å². The van der Waals surface area contributed by atoms with Crippen LogP contribution in [0.2, 0.25) is 0 Å². The van der Waals surface area contributed by atoms with Crippen molar-refractivity contribution in [3.8, 4) is 0 Å². The zero-order valence-corrected chi connectivity index (χ0v) is 15.1. The van der Waals surface area contributed by atoms with Crippen LogP contribution in [0, 0.1) is 5.92 Å². The summed E-state index contributed by atoms with van der Waals surface area (Å²) in [7, 11) is 0. The predicted octanol–water partition coefficient (Wildman–Crippen LogP) is 3.77. The van der Waals surface area contributed by atoms with E-state index in [4.69, 9.17) is 5.10 Å². The van der Waals surface area contributed by atoms with E-state index in [0.717, 1.165) is 31.7 Å². The van der Waals surface area contributed by atoms with Crippen molar-refractivity contribution in [2.24, 2.45) is 5.92 Å². The van der Waals surface area contributed by atoms with Crippen LogP contribution in [0.3, 0.4) is 0 Å². The normalized spacial score (nSPS) is 20.8. The van der Waals surface area contributed by atoms with Crippen molar-refractivity contribution in [2.45, 2.75) is 65.3 Å². The first-order chi connectivity index (χ1) is 10.1. The SMILES string of the molecule is CC(C)(C)c1cc(C(C)(C)C)n(CC2CCN(CCF)C2)n1. The lowest BCUT2D eigenvalue weighted by Gasteiger charge is -2.22. The second kappa shape index (κ2) is 6.31. The van der Waals surface area contributed by atoms with E-state index in [-0.39, 0.29) is 17.5 Å². The van der Waals surface area contributed by atoms with E-state index in [1.807, 2.05) is 0 Å². The van der Waals surface area contributed by atoms with Crippen LogP contribution in [0.25, 0.3) is 0 Å². The second-order valence-corrected chi connectivity index (χ2v) is 8.74. The minimum atomic E-state index is -0.240. The molecule has 2 rings (SSSR count). The molecule has 1 aliphatic heterocycles. The van der Waals surface area contributed by atoms with Gasteiger partial charge in [-0.2, -0.15) is 5.10 Å². The van der Waals surface area contributed by atoms with Gasteiger partial charge in [0.2, 0.25) is 0 Å². The lowest BCUT2D eigenvalue weighted by Crippen LogP contribution is -2.26. The Kier molecular flexibility index (Phi) is 5.00. The molecule has 0 spiro atoms. The summed E-state index contributed by atoms with van der Waals surface area (Å²) in [5, 5.41) is 4.91. The molecule has 126 valence electrons. The molecule has 1 aromatic heterocycles. The Morgan fingerprint density at radius 1 is 1.18 bits per heavy atom. The van der Waals surface area contributed by atoms with Gasteiger partial charge in [0.05, 0.1) is 5.69 Å². The summed E-state index contributed by atoms with van der Waals surface area (Å²) in [6, 6.07) is 2.27. The fourth-order valence-corrected chi connectivity index (χ4v) is 3.16. The molecule has 0 aliphatic carbocycles. The minimum absolute atomic E-state index is 0.0706. The first-order valence-electron chi connectivity index (χ1n) is 8.48. The Morgan fingerprint density at radius 2 is 1.86 bits per heavy atom. The van der Waals surface area contributed by atoms with E-state index in [0.29, 0.717) is 12.5 Å². The van der Waals surface area contributed by atoms with Crippen molar-refractivity contribution in [1.29, 1.82) is 0 Å². The number of alkyl halides is 1. The summed E-state index contributed by atoms with van der Waals surface area (Å²) < 4.78 is 14.7. The third-order valence-electron chi connectivity index (χ3n) is 4.52. The highest BCUT2D eigenvalue weighted by atomic mass is 19.1. The molecular weight excluding hydrogens is 277 g/mol. The van der Waals surface area contributed by atoms with Gasteiger partial charge < -0.3 is 4.90 Å². The van der Waals surface area contributed by atoms with E-state index in [1.165, 1.54) is 5.69 Å². The molecule has 2 heterocycles. The number of aromatic nitrogens is 2. The van der Waals surface area contributed by atoms with E-state index >= 15 is 0 Å². The van der Waals surface area contributed by atoms with Crippen molar-refractivity contribution in [3.63, 3.8) is 0 Å². The quantitative estimate of drug-likeness (QED) is 0.844. The van der Waals surface area contributed by atoms with Gasteiger partial charge in [0, 0.05) is 36.2 Å². The van der Waals surface area contributed by atoms with E-state index in [1.54, 1.807) is 0 Å². The van der Waals surface area contributed by atoms with Crippen LogP contribution in [0.4, 0.5) is 4.39 Å². The minimum Gasteiger partial charge on any atom is -0.300 e. The van der Waals surface area contributed by atoms with E-state index in [2.05, 4.69) is 57.2 Å². The predicted molar refractivity (Wildman–Crippen MR) is 90.1 cm³/mol. The number of rotatable bonds is 4. The average molecular weight is 309 g/mol. The van der Waals surface area contributed by atoms with Crippen molar-refractivity contribution in [1.82, 2.24) is 14.7 Å². The van der Waals surface area contributed by atoms with E-state index < -0.39 is 0 Å². The average Bonchev–Trinajstić information content (AvgIpc) is 2.96. The van der Waals surface area contributed by atoms with Crippen molar-refractivity contribution in [3.05, 3.63) is 17.5 Å². The second-order valence-electron chi connectivity index (χ2n) is 8.74. The largest absolute Gasteiger partial charge is 0.300 e. The van der Waals surface area contributed by atoms with Gasteiger partial charge in [-0.25, -0.2) is 4.39 Å². The molecule has 1 unspecified atom stereocenters. The first-order valence-corrected chi connectivity index (χ1v) is 8.48. The summed E-state index contributed by atoms with van der Waals surface area (Å²) in [6.07, 6.45) is 1.15. The van der Waals surface area contributed by atoms with Gasteiger partial charge in [0.15, 0.2) is 0 Å². The summed E-state index contributed by atoms with van der Waals surface area (Å²) in [6.45, 7) is 16.7. The number of hydrogen-bond donors (Lipinski definition) is 0. The third kappa shape index (κ3) is 4.09. The summed E-state index contributed by atoms with van der Waals surface area (Å²) in [4.78, 5) is 2.23. The van der Waals surface area contributed by atoms with Crippen molar-refractivity contribution < 1.29 is 4.39 Å². The summed E-state index contributed by atoms with van der Waals surface area (Å²) in [5.74, 6) is 0.584. The molecule has 1 aliphatic rings. The zero-order chi connectivity index (χ0) is 16.5. The highest BCUT2D eigenvalue weighted by Crippen LogP contribution is 2.30. The number of hydrogen-bond acceptors (Lipinski definition) is 2. The van der Waals surface area contributed by atoms with Crippen LogP contribution in [0.1, 0.15) is 59.4 Å². The molecule has 1 fully saturated rings. The molecule has 0 radical (unpaired) electrons. The number of nitrogens with zero attached hydrogens (tertiary/aromatic N) is 3. The fourth-order valence-electron chi connectivity index (χ4n) is 3.16. The van der Waals surface area contributed by atoms with Crippen LogP contribution in [0.5, 0.6) is 0 Å². The first kappa shape index (κ1) is 17.5. The van der Waals surface area contributed by atoms with Crippen molar-refractivity contribution in [2.75, 3.05) is 26.3 Å². The van der Waals surface area contributed by atoms with Gasteiger partial charge in [0.25, 0.3) is 0 Å². The molecular formula is C18H32FN3. The van der Waals surface area contributed by atoms with Gasteiger partial charge >= 0.3 is 0 Å². The highest BCUT2D eigenvalue weighted by molar-refractivity contribution is 5.22. The highest BCUT2D eigenvalue weighted by Gasteiger charge is 2.28. The monoisotopic (exact) mass is 309 g/mol. The molecule has 0 amide bonds. The molecule has 4 heteroatoms. The summed E-state index contributed by atoms with van der Waals surface area (Å²) >= 11 is 0. The van der Waals surface area contributed by atoms with Crippen LogP contribution in [-0.4, -0.2) is 41.0 Å². The third-order valence-corrected chi connectivity index (χ3v) is 4.52. The van der Waals surface area contributed by atoms with Crippen molar-refractivity contribution >= 4 is 0 Å². The Hall–Kier alpha value is -0.900. The molecule has 0 aromatic carbocycles. The summed E-state index contributed by atoms with van der Waals surface area (Å²) in [5.41, 5.74) is 2.63. The maximum atomic E-state index is 12.5. The molecule has 0 saturated carbocycles. The molecule has 0 N–H and O–H groups in total. The topological polar surface area (TPSA) is 21.1 Å². The Bertz CT molecular complexity index is 493. The van der Waals surface area contributed by atoms with E-state index in [9.17, 15) is 4.39 Å². The maximum Gasteiger partial charge on any atom is 0.102 e. The molecule has 1 saturated heterocycles. The maximum absolute atomic E-state index is 12.5. The zero-order valence-electron chi connectivity index (χ0n) is 15.1. The number of likely N-dealkylation sites (tertiary alicyclic amines) is 1. The van der Waals surface area contributed by atoms with Gasteiger partial charge in [-0.15, -0.1) is 0 Å². The molecule has 3 nitrogen and oxygen atoms in total. The number of halogens is 1. The Morgan fingerprint density at radius 3 is 2.41 bits per heavy atom. The molecule has 1 atom stereocenters. The lowest BCUT2D eigenvalue weighted by molar-refractivity contribution is 0.279. The van der Waals surface area contributed by atoms with Crippen LogP contribution in [-0.2, 0) is 17.4 Å². The van der Waals surface area contributed by atoms with Gasteiger partial charge in [-0.1, -0.05) is 41.5 Å². The molecule has 22 heavy (non-hydrogen) atoms. The fraction of sp³-hybridized carbons (Fsp3) is 0.833. The molecule has 1 aromatic rings. The Labute approximate surface area is 134 Å². The smallest absolute Gasteiger partial charge is 0.102 e. The standard InChI is InChI=1S/C18H32FN3/c1-17(2,3)15-11-16(18(4,5)6)22(20-15)13-14-7-9-21(12-14)10-8-19/h11,14H,7-10,12-13H2,1-6H3. The van der Waals surface area contributed by atoms with Crippen LogP contribution >= 0.6 is 0 Å². The van der Waals surface area contributed by atoms with Gasteiger partial charge in [0.1, 0.15) is 6.67 Å². The van der Waals surface area contributed by atoms with Crippen LogP contribution < -0.4 is 0 Å². The Balaban J connectivity index is 2.18. The lowest BCUT2D eigenvalue weighted by atomic mass is 9.88. The van der Waals surface area contributed by atoms with Gasteiger partial charge in [-0.05, 0) is 24.9 Å². The van der Waals surface area contributed by atoms with Gasteiger partial charge in [-0.3, -0.25) is 4.68 Å². The molecule has 0 bridgehead atoms.